The number of hydrogen-bond acceptors (Lipinski definition) is 5. The molecule has 0 bridgehead atoms. The number of carbonyl (C=O) groups is 1. The molecule has 2 unspecified atom stereocenters. The maximum Gasteiger partial charge on any atom is 0.367 e. The fourth-order valence-corrected chi connectivity index (χ4v) is 3.32. The molecule has 1 aromatic rings. The normalized spacial score (nSPS) is 14.3. The summed E-state index contributed by atoms with van der Waals surface area (Å²) in [6, 6.07) is 9.74. The van der Waals surface area contributed by atoms with Crippen molar-refractivity contribution >= 4 is 29.3 Å². The highest BCUT2D eigenvalue weighted by atomic mass is 31.2. The van der Waals surface area contributed by atoms with Gasteiger partial charge in [0.25, 0.3) is 0 Å². The average molecular weight is 324 g/mol. The predicted octanol–water partition coefficient (Wildman–Crippen LogP) is 1.55. The van der Waals surface area contributed by atoms with E-state index in [1.807, 2.05) is 38.2 Å². The summed E-state index contributed by atoms with van der Waals surface area (Å²) in [5.41, 5.74) is 1.06. The number of benzene rings is 1. The molecule has 1 rings (SSSR count). The monoisotopic (exact) mass is 324 g/mol. The molecule has 0 heterocycles. The van der Waals surface area contributed by atoms with Crippen LogP contribution in [0.4, 0.5) is 0 Å². The largest absolute Gasteiger partial charge is 0.453 e. The van der Waals surface area contributed by atoms with E-state index in [1.54, 1.807) is 21.7 Å². The number of carbonyl (C=O) groups excluding carboxylic acids is 1. The third-order valence-corrected chi connectivity index (χ3v) is 5.21. The Morgan fingerprint density at radius 2 is 1.68 bits per heavy atom. The molecular weight excluding hydrogens is 301 g/mol. The maximum atomic E-state index is 12.3. The van der Waals surface area contributed by atoms with Crippen molar-refractivity contribution in [2.75, 3.05) is 19.6 Å². The topological polar surface area (TPSA) is 61.8 Å². The van der Waals surface area contributed by atoms with E-state index in [-0.39, 0.29) is 31.2 Å². The second-order valence-corrected chi connectivity index (χ2v) is 7.02. The fraction of sp³-hybridized carbons (Fsp3) is 0.500. The van der Waals surface area contributed by atoms with Gasteiger partial charge in [0, 0.05) is 5.82 Å². The van der Waals surface area contributed by atoms with E-state index in [9.17, 15) is 9.36 Å². The third-order valence-electron chi connectivity index (χ3n) is 3.46. The van der Waals surface area contributed by atoms with E-state index in [0.29, 0.717) is 0 Å². The minimum absolute atomic E-state index is 0.00673. The molecule has 0 saturated heterocycles. The highest BCUT2D eigenvalue weighted by Gasteiger charge is 2.29. The second kappa shape index (κ2) is 9.19. The molecule has 0 amide bonds. The Hall–Kier alpha value is -1.03. The van der Waals surface area contributed by atoms with Crippen LogP contribution in [0, 0.1) is 0 Å². The highest BCUT2D eigenvalue weighted by Crippen LogP contribution is 2.48. The van der Waals surface area contributed by atoms with Crippen LogP contribution in [0.3, 0.4) is 0 Å². The van der Waals surface area contributed by atoms with Crippen LogP contribution in [0.2, 0.25) is 5.82 Å². The van der Waals surface area contributed by atoms with Crippen LogP contribution in [-0.4, -0.2) is 41.2 Å². The third kappa shape index (κ3) is 5.64. The number of rotatable bonds is 9. The number of ether oxygens (including phenoxy) is 1. The van der Waals surface area contributed by atoms with E-state index in [4.69, 9.17) is 13.8 Å². The second-order valence-electron chi connectivity index (χ2n) is 5.03. The van der Waals surface area contributed by atoms with Crippen LogP contribution in [0.1, 0.15) is 25.2 Å². The van der Waals surface area contributed by atoms with Gasteiger partial charge in [0.05, 0.1) is 13.2 Å². The molecule has 0 radical (unpaired) electrons. The summed E-state index contributed by atoms with van der Waals surface area (Å²) in [6.07, 6.45) is -0.348. The van der Waals surface area contributed by atoms with Gasteiger partial charge in [0.2, 0.25) is 0 Å². The zero-order chi connectivity index (χ0) is 16.6. The van der Waals surface area contributed by atoms with Crippen LogP contribution in [0.25, 0.3) is 0 Å². The molecule has 8 heteroatoms. The molecule has 2 atom stereocenters. The summed E-state index contributed by atoms with van der Waals surface area (Å²) >= 11 is 0. The van der Waals surface area contributed by atoms with E-state index in [0.717, 1.165) is 5.56 Å². The van der Waals surface area contributed by atoms with E-state index < -0.39 is 13.6 Å². The minimum Gasteiger partial charge on any atom is -0.453 e. The van der Waals surface area contributed by atoms with E-state index >= 15 is 0 Å². The van der Waals surface area contributed by atoms with E-state index in [1.165, 1.54) is 0 Å². The van der Waals surface area contributed by atoms with Crippen molar-refractivity contribution < 1.29 is 23.1 Å². The first-order valence-electron chi connectivity index (χ1n) is 7.53. The molecule has 1 aromatic carbocycles. The van der Waals surface area contributed by atoms with Crippen LogP contribution < -0.4 is 0 Å². The van der Waals surface area contributed by atoms with Gasteiger partial charge in [-0.05, 0) is 19.7 Å². The smallest absolute Gasteiger partial charge is 0.367 e. The van der Waals surface area contributed by atoms with Gasteiger partial charge in [0.1, 0.15) is 15.7 Å². The van der Waals surface area contributed by atoms with Gasteiger partial charge < -0.3 is 13.8 Å². The van der Waals surface area contributed by atoms with Crippen molar-refractivity contribution in [1.29, 1.82) is 0 Å². The van der Waals surface area contributed by atoms with Crippen molar-refractivity contribution in [3.8, 4) is 0 Å². The Balaban J connectivity index is 2.62. The molecule has 0 fully saturated rings. The zero-order valence-electron chi connectivity index (χ0n) is 13.7. The molecule has 0 spiro atoms. The highest BCUT2D eigenvalue weighted by molar-refractivity contribution is 7.53. The Labute approximate surface area is 134 Å². The van der Waals surface area contributed by atoms with Gasteiger partial charge in [-0.15, -0.1) is 0 Å². The van der Waals surface area contributed by atoms with Gasteiger partial charge in [-0.1, -0.05) is 35.9 Å². The molecule has 5 nitrogen and oxygen atoms in total. The summed E-state index contributed by atoms with van der Waals surface area (Å²) in [5, 5.41) is 0. The maximum absolute atomic E-state index is 12.3. The molecule has 120 valence electrons. The SMILES string of the molecule is BC(C(=O)OCP(=O)(OCC)OCC)C(B)c1ccccc1. The Morgan fingerprint density at radius 3 is 2.18 bits per heavy atom. The molecule has 0 aliphatic rings. The lowest BCUT2D eigenvalue weighted by atomic mass is 9.63. The van der Waals surface area contributed by atoms with Crippen LogP contribution >= 0.6 is 7.60 Å². The molecule has 22 heavy (non-hydrogen) atoms. The van der Waals surface area contributed by atoms with Gasteiger partial charge in [-0.25, -0.2) is 0 Å². The lowest BCUT2D eigenvalue weighted by molar-refractivity contribution is -0.142. The van der Waals surface area contributed by atoms with Crippen molar-refractivity contribution in [3.63, 3.8) is 0 Å². The van der Waals surface area contributed by atoms with Crippen molar-refractivity contribution in [1.82, 2.24) is 0 Å². The first-order valence-corrected chi connectivity index (χ1v) is 9.26. The zero-order valence-corrected chi connectivity index (χ0v) is 14.5. The Bertz CT molecular complexity index is 501. The van der Waals surface area contributed by atoms with Crippen LogP contribution in [0.15, 0.2) is 30.3 Å². The van der Waals surface area contributed by atoms with Crippen LogP contribution in [0.5, 0.6) is 0 Å². The first-order chi connectivity index (χ1) is 10.4. The molecule has 0 aliphatic carbocycles. The lowest BCUT2D eigenvalue weighted by Crippen LogP contribution is -2.21. The minimum atomic E-state index is -3.36. The van der Waals surface area contributed by atoms with Gasteiger partial charge >= 0.3 is 13.6 Å². The number of esters is 1. The Kier molecular flexibility index (Phi) is 7.94. The first kappa shape index (κ1) is 19.0. The lowest BCUT2D eigenvalue weighted by Gasteiger charge is -2.21. The summed E-state index contributed by atoms with van der Waals surface area (Å²) in [4.78, 5) is 12.2. The summed E-state index contributed by atoms with van der Waals surface area (Å²) < 4.78 is 27.6. The molecular formula is C14H23B2O5P. The van der Waals surface area contributed by atoms with Crippen molar-refractivity contribution in [3.05, 3.63) is 35.9 Å². The van der Waals surface area contributed by atoms with Crippen molar-refractivity contribution in [2.24, 2.45) is 0 Å². The quantitative estimate of drug-likeness (QED) is 0.392. The molecule has 0 aromatic heterocycles. The predicted molar refractivity (Wildman–Crippen MR) is 91.8 cm³/mol. The van der Waals surface area contributed by atoms with Gasteiger partial charge in [0.15, 0.2) is 6.35 Å². The summed E-state index contributed by atoms with van der Waals surface area (Å²) in [5.74, 6) is -0.748. The molecule has 0 aliphatic heterocycles. The van der Waals surface area contributed by atoms with Gasteiger partial charge in [-0.3, -0.25) is 9.36 Å². The van der Waals surface area contributed by atoms with Crippen LogP contribution in [-0.2, 0) is 23.1 Å². The number of hydrogen-bond donors (Lipinski definition) is 0. The molecule has 0 saturated carbocycles. The Morgan fingerprint density at radius 1 is 1.14 bits per heavy atom. The summed E-state index contributed by atoms with van der Waals surface area (Å²) in [6.45, 7) is 3.91. The van der Waals surface area contributed by atoms with E-state index in [2.05, 4.69) is 0 Å². The average Bonchev–Trinajstić information content (AvgIpc) is 2.52. The standard InChI is InChI=1S/C14H23B2O5P/c1-3-20-22(18,21-4-2)10-19-14(17)13(16)12(15)11-8-6-5-7-9-11/h5-9,12-13H,3-4,10,15-16H2,1-2H3. The summed E-state index contributed by atoms with van der Waals surface area (Å²) in [7, 11) is 0.404. The van der Waals surface area contributed by atoms with Gasteiger partial charge in [-0.2, -0.15) is 0 Å². The fourth-order valence-electron chi connectivity index (χ4n) is 2.03. The molecule has 0 N–H and O–H groups in total. The van der Waals surface area contributed by atoms with Crippen molar-refractivity contribution in [2.45, 2.75) is 25.5 Å².